The molecule has 8 heteroatoms. The number of amides is 2. The van der Waals surface area contributed by atoms with Gasteiger partial charge in [0.25, 0.3) is 5.91 Å². The van der Waals surface area contributed by atoms with Crippen LogP contribution in [0.1, 0.15) is 50.9 Å². The van der Waals surface area contributed by atoms with Crippen molar-refractivity contribution >= 4 is 28.8 Å². The number of nitrogens with zero attached hydrogens (tertiary/aromatic N) is 3. The van der Waals surface area contributed by atoms with Crippen molar-refractivity contribution in [2.75, 3.05) is 11.9 Å². The average Bonchev–Trinajstić information content (AvgIpc) is 3.03. The van der Waals surface area contributed by atoms with Crippen LogP contribution in [0.15, 0.2) is 25.0 Å². The zero-order valence-corrected chi connectivity index (χ0v) is 16.9. The molecule has 0 aromatic carbocycles. The van der Waals surface area contributed by atoms with E-state index in [1.54, 1.807) is 12.4 Å². The summed E-state index contributed by atoms with van der Waals surface area (Å²) in [7, 11) is 0. The highest BCUT2D eigenvalue weighted by molar-refractivity contribution is 6.04. The lowest BCUT2D eigenvalue weighted by Crippen LogP contribution is -2.47. The largest absolute Gasteiger partial charge is 0.366 e. The van der Waals surface area contributed by atoms with Gasteiger partial charge in [0.2, 0.25) is 5.91 Å². The van der Waals surface area contributed by atoms with Crippen LogP contribution in [0.3, 0.4) is 0 Å². The van der Waals surface area contributed by atoms with Crippen molar-refractivity contribution in [3.8, 4) is 0 Å². The molecule has 0 bridgehead atoms. The second-order valence-electron chi connectivity index (χ2n) is 8.31. The number of rotatable bonds is 4. The first-order valence-electron chi connectivity index (χ1n) is 9.54. The molecule has 1 aliphatic rings. The van der Waals surface area contributed by atoms with E-state index in [1.807, 2.05) is 32.6 Å². The molecule has 1 fully saturated rings. The van der Waals surface area contributed by atoms with Gasteiger partial charge in [-0.25, -0.2) is 9.97 Å². The van der Waals surface area contributed by atoms with Gasteiger partial charge in [-0.1, -0.05) is 6.58 Å². The van der Waals surface area contributed by atoms with Crippen molar-refractivity contribution in [1.29, 1.82) is 0 Å². The second-order valence-corrected chi connectivity index (χ2v) is 8.31. The van der Waals surface area contributed by atoms with Gasteiger partial charge in [0.1, 0.15) is 11.3 Å². The standard InChI is InChI=1S/C20H28N6O2/c1-6-16(27)26-8-7-13(9-12(26)2)23-15-11-22-18-17(24-15)14(10-21-18)19(28)25-20(3,4)5/h6,10-13H,1,7-9H2,2-5H3,(H,21,22)(H,23,24)(H,25,28)/t12-,13-/m0/s1. The van der Waals surface area contributed by atoms with E-state index in [0.717, 1.165) is 12.8 Å². The fourth-order valence-electron chi connectivity index (χ4n) is 3.50. The Labute approximate surface area is 164 Å². The summed E-state index contributed by atoms with van der Waals surface area (Å²) in [5.41, 5.74) is 1.25. The molecule has 2 aromatic rings. The Morgan fingerprint density at radius 1 is 1.39 bits per heavy atom. The fourth-order valence-corrected chi connectivity index (χ4v) is 3.50. The van der Waals surface area contributed by atoms with Crippen LogP contribution in [0.5, 0.6) is 0 Å². The van der Waals surface area contributed by atoms with E-state index < -0.39 is 0 Å². The van der Waals surface area contributed by atoms with E-state index in [1.165, 1.54) is 6.08 Å². The van der Waals surface area contributed by atoms with Gasteiger partial charge in [-0.05, 0) is 46.6 Å². The third-order valence-corrected chi connectivity index (χ3v) is 4.80. The second kappa shape index (κ2) is 7.61. The molecule has 3 N–H and O–H groups in total. The summed E-state index contributed by atoms with van der Waals surface area (Å²) in [5.74, 6) is 0.404. The summed E-state index contributed by atoms with van der Waals surface area (Å²) >= 11 is 0. The topological polar surface area (TPSA) is 103 Å². The molecule has 3 heterocycles. The predicted molar refractivity (Wildman–Crippen MR) is 109 cm³/mol. The van der Waals surface area contributed by atoms with Gasteiger partial charge >= 0.3 is 0 Å². The van der Waals surface area contributed by atoms with Crippen molar-refractivity contribution in [2.45, 2.75) is 58.2 Å². The Morgan fingerprint density at radius 2 is 2.14 bits per heavy atom. The van der Waals surface area contributed by atoms with Gasteiger partial charge in [-0.15, -0.1) is 0 Å². The zero-order chi connectivity index (χ0) is 20.5. The van der Waals surface area contributed by atoms with Crippen molar-refractivity contribution in [2.24, 2.45) is 0 Å². The lowest BCUT2D eigenvalue weighted by molar-refractivity contribution is -0.129. The van der Waals surface area contributed by atoms with E-state index in [2.05, 4.69) is 32.2 Å². The maximum absolute atomic E-state index is 12.5. The van der Waals surface area contributed by atoms with Gasteiger partial charge < -0.3 is 20.5 Å². The van der Waals surface area contributed by atoms with Gasteiger partial charge in [-0.3, -0.25) is 9.59 Å². The number of piperidine rings is 1. The summed E-state index contributed by atoms with van der Waals surface area (Å²) in [5, 5.41) is 6.35. The Morgan fingerprint density at radius 3 is 2.79 bits per heavy atom. The van der Waals surface area contributed by atoms with Crippen LogP contribution in [-0.4, -0.2) is 55.8 Å². The van der Waals surface area contributed by atoms with Crippen molar-refractivity contribution < 1.29 is 9.59 Å². The van der Waals surface area contributed by atoms with Crippen LogP contribution in [0, 0.1) is 0 Å². The molecule has 2 amide bonds. The number of likely N-dealkylation sites (tertiary alicyclic amines) is 1. The molecule has 8 nitrogen and oxygen atoms in total. The van der Waals surface area contributed by atoms with E-state index in [0.29, 0.717) is 29.1 Å². The number of aromatic nitrogens is 3. The number of anilines is 1. The molecule has 0 saturated carbocycles. The lowest BCUT2D eigenvalue weighted by Gasteiger charge is -2.37. The number of carbonyl (C=O) groups excluding carboxylic acids is 2. The normalized spacial score (nSPS) is 20.1. The first-order valence-corrected chi connectivity index (χ1v) is 9.54. The zero-order valence-electron chi connectivity index (χ0n) is 16.9. The third-order valence-electron chi connectivity index (χ3n) is 4.80. The van der Waals surface area contributed by atoms with Crippen LogP contribution in [-0.2, 0) is 4.79 Å². The minimum absolute atomic E-state index is 0.0333. The molecular weight excluding hydrogens is 356 g/mol. The van der Waals surface area contributed by atoms with Crippen LogP contribution in [0.2, 0.25) is 0 Å². The van der Waals surface area contributed by atoms with Gasteiger partial charge in [0, 0.05) is 30.4 Å². The number of nitrogens with one attached hydrogen (secondary N) is 3. The first kappa shape index (κ1) is 19.9. The number of H-pyrrole nitrogens is 1. The van der Waals surface area contributed by atoms with Crippen molar-refractivity contribution in [3.05, 3.63) is 30.6 Å². The summed E-state index contributed by atoms with van der Waals surface area (Å²) in [4.78, 5) is 38.3. The van der Waals surface area contributed by atoms with Crippen molar-refractivity contribution in [1.82, 2.24) is 25.2 Å². The number of fused-ring (bicyclic) bond motifs is 1. The molecule has 150 valence electrons. The molecule has 2 aromatic heterocycles. The molecule has 2 atom stereocenters. The monoisotopic (exact) mass is 384 g/mol. The minimum Gasteiger partial charge on any atom is -0.366 e. The highest BCUT2D eigenvalue weighted by Gasteiger charge is 2.28. The van der Waals surface area contributed by atoms with Gasteiger partial charge in [0.05, 0.1) is 11.8 Å². The SMILES string of the molecule is C=CC(=O)N1CC[C@H](Nc2cnc3[nH]cc(C(=O)NC(C)(C)C)c3n2)C[C@@H]1C. The third kappa shape index (κ3) is 4.32. The molecule has 0 radical (unpaired) electrons. The van der Waals surface area contributed by atoms with E-state index in [9.17, 15) is 9.59 Å². The highest BCUT2D eigenvalue weighted by atomic mass is 16.2. The Balaban J connectivity index is 1.74. The maximum Gasteiger partial charge on any atom is 0.255 e. The smallest absolute Gasteiger partial charge is 0.255 e. The molecule has 0 unspecified atom stereocenters. The Kier molecular flexibility index (Phi) is 5.40. The molecular formula is C20H28N6O2. The summed E-state index contributed by atoms with van der Waals surface area (Å²) < 4.78 is 0. The van der Waals surface area contributed by atoms with Gasteiger partial charge in [-0.2, -0.15) is 0 Å². The predicted octanol–water partition coefficient (Wildman–Crippen LogP) is 2.46. The summed E-state index contributed by atoms with van der Waals surface area (Å²) in [6.45, 7) is 12.1. The van der Waals surface area contributed by atoms with E-state index in [4.69, 9.17) is 0 Å². The highest BCUT2D eigenvalue weighted by Crippen LogP contribution is 2.22. The first-order chi connectivity index (χ1) is 13.2. The number of carbonyl (C=O) groups is 2. The lowest BCUT2D eigenvalue weighted by atomic mass is 9.98. The number of aromatic amines is 1. The van der Waals surface area contributed by atoms with Crippen LogP contribution >= 0.6 is 0 Å². The van der Waals surface area contributed by atoms with E-state index >= 15 is 0 Å². The summed E-state index contributed by atoms with van der Waals surface area (Å²) in [6.07, 6.45) is 6.28. The number of hydrogen-bond donors (Lipinski definition) is 3. The Hall–Kier alpha value is -2.90. The van der Waals surface area contributed by atoms with Crippen LogP contribution < -0.4 is 10.6 Å². The molecule has 1 aliphatic heterocycles. The van der Waals surface area contributed by atoms with Crippen molar-refractivity contribution in [3.63, 3.8) is 0 Å². The van der Waals surface area contributed by atoms with Crippen LogP contribution in [0.4, 0.5) is 5.82 Å². The number of hydrogen-bond acceptors (Lipinski definition) is 5. The van der Waals surface area contributed by atoms with E-state index in [-0.39, 0.29) is 29.4 Å². The summed E-state index contributed by atoms with van der Waals surface area (Å²) in [6, 6.07) is 0.301. The Bertz CT molecular complexity index is 898. The molecule has 28 heavy (non-hydrogen) atoms. The minimum atomic E-state index is -0.336. The molecule has 0 aliphatic carbocycles. The molecule has 0 spiro atoms. The fraction of sp³-hybridized carbons (Fsp3) is 0.500. The molecule has 1 saturated heterocycles. The van der Waals surface area contributed by atoms with Gasteiger partial charge in [0.15, 0.2) is 5.65 Å². The maximum atomic E-state index is 12.5. The average molecular weight is 384 g/mol. The molecule has 3 rings (SSSR count). The van der Waals surface area contributed by atoms with Crippen LogP contribution in [0.25, 0.3) is 11.2 Å². The quantitative estimate of drug-likeness (QED) is 0.703.